The Morgan fingerprint density at radius 3 is 2.38 bits per heavy atom. The van der Waals surface area contributed by atoms with Crippen LogP contribution in [0.25, 0.3) is 0 Å². The number of carbonyl (C=O) groups is 1. The van der Waals surface area contributed by atoms with Crippen LogP contribution in [0.3, 0.4) is 0 Å². The van der Waals surface area contributed by atoms with Crippen molar-refractivity contribution in [1.82, 2.24) is 15.2 Å². The molecule has 9 heteroatoms. The van der Waals surface area contributed by atoms with E-state index in [0.717, 1.165) is 47.8 Å². The topological polar surface area (TPSA) is 82.2 Å². The second-order valence-corrected chi connectivity index (χ2v) is 10.7. The molecule has 0 bridgehead atoms. The summed E-state index contributed by atoms with van der Waals surface area (Å²) in [6.07, 6.45) is 1.58. The zero-order valence-electron chi connectivity index (χ0n) is 24.5. The number of methoxy groups -OCH3 is 3. The van der Waals surface area contributed by atoms with Crippen molar-refractivity contribution < 1.29 is 23.7 Å². The lowest BCUT2D eigenvalue weighted by molar-refractivity contribution is 0.0944. The molecule has 0 radical (unpaired) electrons. The average molecular weight is 590 g/mol. The number of carbonyl (C=O) groups excluding carboxylic acids is 1. The van der Waals surface area contributed by atoms with Crippen molar-refractivity contribution in [3.63, 3.8) is 0 Å². The van der Waals surface area contributed by atoms with Gasteiger partial charge in [0.15, 0.2) is 11.5 Å². The number of amides is 1. The minimum absolute atomic E-state index is 0.156. The van der Waals surface area contributed by atoms with Crippen LogP contribution in [0.15, 0.2) is 78.2 Å². The van der Waals surface area contributed by atoms with Gasteiger partial charge in [-0.1, -0.05) is 48.5 Å². The molecule has 0 aliphatic heterocycles. The maximum atomic E-state index is 12.5. The van der Waals surface area contributed by atoms with Crippen LogP contribution in [-0.4, -0.2) is 56.8 Å². The highest BCUT2D eigenvalue weighted by Gasteiger charge is 2.15. The van der Waals surface area contributed by atoms with Crippen molar-refractivity contribution in [3.05, 3.63) is 106 Å². The average Bonchev–Trinajstić information content (AvgIpc) is 3.50. The largest absolute Gasteiger partial charge is 0.493 e. The maximum Gasteiger partial charge on any atom is 0.270 e. The van der Waals surface area contributed by atoms with Crippen LogP contribution in [0.4, 0.5) is 0 Å². The lowest BCUT2D eigenvalue weighted by Gasteiger charge is -2.22. The fourth-order valence-corrected chi connectivity index (χ4v) is 5.23. The minimum Gasteiger partial charge on any atom is -0.493 e. The van der Waals surface area contributed by atoms with Crippen molar-refractivity contribution in [2.24, 2.45) is 0 Å². The molecule has 0 fully saturated rings. The van der Waals surface area contributed by atoms with E-state index >= 15 is 0 Å². The van der Waals surface area contributed by atoms with Crippen molar-refractivity contribution in [1.29, 1.82) is 0 Å². The molecule has 1 amide bonds. The summed E-state index contributed by atoms with van der Waals surface area (Å²) in [5, 5.41) is 5.63. The van der Waals surface area contributed by atoms with Gasteiger partial charge in [-0.3, -0.25) is 9.69 Å². The highest BCUT2D eigenvalue weighted by molar-refractivity contribution is 7.09. The fraction of sp³-hybridized carbons (Fsp3) is 0.333. The Morgan fingerprint density at radius 2 is 1.64 bits per heavy atom. The quantitative estimate of drug-likeness (QED) is 0.157. The predicted molar refractivity (Wildman–Crippen MR) is 166 cm³/mol. The Morgan fingerprint density at radius 1 is 0.881 bits per heavy atom. The molecular formula is C33H39N3O5S. The number of aromatic nitrogens is 1. The minimum atomic E-state index is -0.156. The highest BCUT2D eigenvalue weighted by Crippen LogP contribution is 2.28. The monoisotopic (exact) mass is 589 g/mol. The molecule has 0 saturated carbocycles. The molecule has 42 heavy (non-hydrogen) atoms. The summed E-state index contributed by atoms with van der Waals surface area (Å²) in [4.78, 5) is 19.5. The van der Waals surface area contributed by atoms with Gasteiger partial charge in [0.25, 0.3) is 5.91 Å². The van der Waals surface area contributed by atoms with E-state index in [1.165, 1.54) is 16.9 Å². The van der Waals surface area contributed by atoms with E-state index in [-0.39, 0.29) is 5.91 Å². The lowest BCUT2D eigenvalue weighted by Crippen LogP contribution is -2.26. The van der Waals surface area contributed by atoms with Crippen LogP contribution in [0.5, 0.6) is 17.2 Å². The molecular weight excluding hydrogens is 550 g/mol. The van der Waals surface area contributed by atoms with Gasteiger partial charge >= 0.3 is 0 Å². The van der Waals surface area contributed by atoms with Crippen molar-refractivity contribution in [3.8, 4) is 17.2 Å². The summed E-state index contributed by atoms with van der Waals surface area (Å²) in [6, 6.07) is 24.4. The first-order valence-corrected chi connectivity index (χ1v) is 14.9. The molecule has 4 rings (SSSR count). The van der Waals surface area contributed by atoms with Crippen molar-refractivity contribution in [2.45, 2.75) is 32.5 Å². The summed E-state index contributed by atoms with van der Waals surface area (Å²) < 4.78 is 21.9. The third-order valence-electron chi connectivity index (χ3n) is 6.70. The summed E-state index contributed by atoms with van der Waals surface area (Å²) in [5.74, 6) is 2.11. The molecule has 3 aromatic carbocycles. The van der Waals surface area contributed by atoms with Crippen LogP contribution in [0.1, 0.15) is 38.6 Å². The van der Waals surface area contributed by atoms with Gasteiger partial charge in [0, 0.05) is 38.7 Å². The Bertz CT molecular complexity index is 1380. The number of thiazole rings is 1. The van der Waals surface area contributed by atoms with Gasteiger partial charge in [0.2, 0.25) is 0 Å². The maximum absolute atomic E-state index is 12.5. The van der Waals surface area contributed by atoms with Crippen LogP contribution in [0, 0.1) is 0 Å². The van der Waals surface area contributed by atoms with E-state index < -0.39 is 0 Å². The lowest BCUT2D eigenvalue weighted by atomic mass is 10.1. The summed E-state index contributed by atoms with van der Waals surface area (Å²) >= 11 is 1.51. The molecule has 222 valence electrons. The molecule has 0 aliphatic rings. The summed E-state index contributed by atoms with van der Waals surface area (Å²) in [7, 11) is 4.94. The standard InChI is InChI=1S/C33H39N3O5S/c1-38-19-7-17-34-33(37)29-24-42-32(35-29)22-36(18-16-25-12-15-30(39-2)31(20-25)40-3)21-26-10-13-28(14-11-26)41-23-27-8-5-4-6-9-27/h4-6,8-15,20,24H,7,16-19,21-23H2,1-3H3,(H,34,37). The van der Waals surface area contributed by atoms with Gasteiger partial charge < -0.3 is 24.3 Å². The zero-order valence-corrected chi connectivity index (χ0v) is 25.3. The Hall–Kier alpha value is -3.92. The van der Waals surface area contributed by atoms with Crippen LogP contribution in [-0.2, 0) is 30.9 Å². The highest BCUT2D eigenvalue weighted by atomic mass is 32.1. The van der Waals surface area contributed by atoms with Gasteiger partial charge in [-0.2, -0.15) is 0 Å². The van der Waals surface area contributed by atoms with Gasteiger partial charge in [-0.25, -0.2) is 4.98 Å². The number of nitrogens with one attached hydrogen (secondary N) is 1. The number of benzene rings is 3. The summed E-state index contributed by atoms with van der Waals surface area (Å²) in [6.45, 7) is 3.84. The SMILES string of the molecule is COCCCNC(=O)c1csc(CN(CCc2ccc(OC)c(OC)c2)Cc2ccc(OCc3ccccc3)cc2)n1. The predicted octanol–water partition coefficient (Wildman–Crippen LogP) is 5.75. The molecule has 1 N–H and O–H groups in total. The molecule has 1 aromatic heterocycles. The van der Waals surface area contributed by atoms with E-state index in [0.29, 0.717) is 43.5 Å². The first-order valence-electron chi connectivity index (χ1n) is 14.0. The van der Waals surface area contributed by atoms with E-state index in [1.54, 1.807) is 21.3 Å². The van der Waals surface area contributed by atoms with Gasteiger partial charge in [0.1, 0.15) is 23.1 Å². The number of hydrogen-bond acceptors (Lipinski definition) is 8. The number of nitrogens with zero attached hydrogens (tertiary/aromatic N) is 2. The van der Waals surface area contributed by atoms with Gasteiger partial charge in [0.05, 0.1) is 20.8 Å². The first-order chi connectivity index (χ1) is 20.6. The van der Waals surface area contributed by atoms with Crippen molar-refractivity contribution >= 4 is 17.2 Å². The van der Waals surface area contributed by atoms with Gasteiger partial charge in [-0.15, -0.1) is 11.3 Å². The Labute approximate surface area is 252 Å². The third-order valence-corrected chi connectivity index (χ3v) is 7.53. The molecule has 0 atom stereocenters. The Kier molecular flexibility index (Phi) is 12.2. The number of ether oxygens (including phenoxy) is 4. The molecule has 0 saturated heterocycles. The second kappa shape index (κ2) is 16.5. The third kappa shape index (κ3) is 9.58. The number of hydrogen-bond donors (Lipinski definition) is 1. The van der Waals surface area contributed by atoms with Crippen LogP contribution < -0.4 is 19.5 Å². The second-order valence-electron chi connectivity index (χ2n) is 9.80. The molecule has 0 spiro atoms. The zero-order chi connectivity index (χ0) is 29.6. The van der Waals surface area contributed by atoms with Crippen LogP contribution in [0.2, 0.25) is 0 Å². The number of rotatable bonds is 17. The smallest absolute Gasteiger partial charge is 0.270 e. The van der Waals surface area contributed by atoms with Crippen molar-refractivity contribution in [2.75, 3.05) is 41.0 Å². The van der Waals surface area contributed by atoms with E-state index in [4.69, 9.17) is 18.9 Å². The van der Waals surface area contributed by atoms with E-state index in [2.05, 4.69) is 45.5 Å². The normalized spacial score (nSPS) is 11.0. The molecule has 0 aliphatic carbocycles. The van der Waals surface area contributed by atoms with E-state index in [9.17, 15) is 4.79 Å². The molecule has 4 aromatic rings. The van der Waals surface area contributed by atoms with Gasteiger partial charge in [-0.05, 0) is 53.8 Å². The molecule has 0 unspecified atom stereocenters. The fourth-order valence-electron chi connectivity index (χ4n) is 4.42. The summed E-state index contributed by atoms with van der Waals surface area (Å²) in [5.41, 5.74) is 3.90. The van der Waals surface area contributed by atoms with E-state index in [1.807, 2.05) is 47.8 Å². The molecule has 8 nitrogen and oxygen atoms in total. The Balaban J connectivity index is 1.41. The molecule has 1 heterocycles. The first kappa shape index (κ1) is 31.0. The van der Waals surface area contributed by atoms with Crippen LogP contribution >= 0.6 is 11.3 Å².